The van der Waals surface area contributed by atoms with Crippen molar-refractivity contribution in [3.05, 3.63) is 91.0 Å². The number of amides is 1. The van der Waals surface area contributed by atoms with E-state index >= 15 is 0 Å². The monoisotopic (exact) mass is 536 g/mol. The number of hydrogen-bond acceptors (Lipinski definition) is 8. The van der Waals surface area contributed by atoms with Gasteiger partial charge in [-0.05, 0) is 30.7 Å². The molecule has 1 saturated heterocycles. The minimum absolute atomic E-state index is 0.0196. The molecule has 0 bridgehead atoms. The summed E-state index contributed by atoms with van der Waals surface area (Å²) in [7, 11) is 0. The molecular formula is C29H28N8O3. The number of pyridine rings is 1. The number of hydrogen-bond donors (Lipinski definition) is 2. The molecule has 1 aliphatic heterocycles. The summed E-state index contributed by atoms with van der Waals surface area (Å²) in [5.41, 5.74) is 2.74. The number of nitrogens with one attached hydrogen (secondary N) is 1. The predicted octanol–water partition coefficient (Wildman–Crippen LogP) is 4.72. The number of anilines is 3. The fourth-order valence-corrected chi connectivity index (χ4v) is 4.87. The number of nitrogens with zero attached hydrogens (tertiary/aromatic N) is 7. The number of carboxylic acid groups (broad SMARTS) is 1. The molecule has 0 aliphatic carbocycles. The van der Waals surface area contributed by atoms with Gasteiger partial charge < -0.3 is 25.0 Å². The van der Waals surface area contributed by atoms with Crippen LogP contribution in [-0.4, -0.2) is 66.5 Å². The lowest BCUT2D eigenvalue weighted by molar-refractivity contribution is 0.136. The summed E-state index contributed by atoms with van der Waals surface area (Å²) in [6, 6.07) is 19.8. The first-order valence-corrected chi connectivity index (χ1v) is 13.0. The SMILES string of the molecule is C[C@H]1CN(C(=O)O)CCN1c1cc(-n2nc(Nc3cnccn3)c3ccc(OCc4ccccc4)cc32)ccn1. The van der Waals surface area contributed by atoms with Crippen molar-refractivity contribution in [2.45, 2.75) is 19.6 Å². The topological polar surface area (TPSA) is 122 Å². The molecule has 6 rings (SSSR count). The molecule has 3 aromatic heterocycles. The van der Waals surface area contributed by atoms with E-state index in [4.69, 9.17) is 9.84 Å². The van der Waals surface area contributed by atoms with Gasteiger partial charge >= 0.3 is 6.09 Å². The second-order valence-electron chi connectivity index (χ2n) is 9.57. The normalized spacial score (nSPS) is 15.3. The van der Waals surface area contributed by atoms with Crippen LogP contribution in [-0.2, 0) is 6.61 Å². The summed E-state index contributed by atoms with van der Waals surface area (Å²) >= 11 is 0. The second kappa shape index (κ2) is 10.9. The minimum Gasteiger partial charge on any atom is -0.489 e. The number of piperazine rings is 1. The highest BCUT2D eigenvalue weighted by Crippen LogP contribution is 2.32. The maximum atomic E-state index is 11.5. The number of aromatic nitrogens is 5. The second-order valence-corrected chi connectivity index (χ2v) is 9.57. The zero-order valence-electron chi connectivity index (χ0n) is 21.9. The van der Waals surface area contributed by atoms with Crippen LogP contribution in [0.2, 0.25) is 0 Å². The Balaban J connectivity index is 1.36. The van der Waals surface area contributed by atoms with E-state index in [9.17, 15) is 9.90 Å². The molecule has 0 saturated carbocycles. The van der Waals surface area contributed by atoms with Crippen molar-refractivity contribution < 1.29 is 14.6 Å². The van der Waals surface area contributed by atoms with Crippen molar-refractivity contribution in [3.63, 3.8) is 0 Å². The Labute approximate surface area is 230 Å². The van der Waals surface area contributed by atoms with Crippen LogP contribution >= 0.6 is 0 Å². The molecule has 1 amide bonds. The van der Waals surface area contributed by atoms with Gasteiger partial charge in [-0.3, -0.25) is 4.98 Å². The standard InChI is InChI=1S/C29H28N8O3/c1-20-18-35(29(38)39)13-14-36(20)27-15-22(9-10-32-27)37-25-16-23(40-19-21-5-3-2-4-6-21)7-8-24(25)28(34-37)33-26-17-30-11-12-31-26/h2-12,15-17,20H,13-14,18-19H2,1H3,(H,38,39)(H,31,33,34)/t20-/m0/s1. The van der Waals surface area contributed by atoms with E-state index in [1.807, 2.05) is 72.3 Å². The smallest absolute Gasteiger partial charge is 0.407 e. The van der Waals surface area contributed by atoms with Crippen molar-refractivity contribution in [2.24, 2.45) is 0 Å². The van der Waals surface area contributed by atoms with Gasteiger partial charge in [-0.2, -0.15) is 0 Å². The van der Waals surface area contributed by atoms with Gasteiger partial charge in [0, 0.05) is 61.8 Å². The van der Waals surface area contributed by atoms with Gasteiger partial charge in [-0.25, -0.2) is 19.4 Å². The summed E-state index contributed by atoms with van der Waals surface area (Å²) in [6.45, 7) is 3.85. The Morgan fingerprint density at radius 3 is 2.70 bits per heavy atom. The molecule has 1 fully saturated rings. The van der Waals surface area contributed by atoms with Crippen molar-refractivity contribution in [1.29, 1.82) is 0 Å². The van der Waals surface area contributed by atoms with Crippen molar-refractivity contribution >= 4 is 34.4 Å². The highest BCUT2D eigenvalue weighted by atomic mass is 16.5. The van der Waals surface area contributed by atoms with Crippen LogP contribution in [0.5, 0.6) is 5.75 Å². The third kappa shape index (κ3) is 5.21. The van der Waals surface area contributed by atoms with Crippen LogP contribution in [0.15, 0.2) is 85.5 Å². The molecule has 0 spiro atoms. The van der Waals surface area contributed by atoms with Crippen LogP contribution in [0.4, 0.5) is 22.2 Å². The van der Waals surface area contributed by atoms with E-state index in [2.05, 4.69) is 25.2 Å². The molecule has 5 aromatic rings. The largest absolute Gasteiger partial charge is 0.489 e. The first kappa shape index (κ1) is 25.1. The van der Waals surface area contributed by atoms with E-state index in [1.165, 1.54) is 4.90 Å². The van der Waals surface area contributed by atoms with Crippen molar-refractivity contribution in [1.82, 2.24) is 29.6 Å². The van der Waals surface area contributed by atoms with Gasteiger partial charge in [0.15, 0.2) is 5.82 Å². The zero-order valence-corrected chi connectivity index (χ0v) is 21.9. The molecule has 40 heavy (non-hydrogen) atoms. The third-order valence-electron chi connectivity index (χ3n) is 6.88. The summed E-state index contributed by atoms with van der Waals surface area (Å²) in [5, 5.41) is 18.5. The Morgan fingerprint density at radius 1 is 1.05 bits per heavy atom. The summed E-state index contributed by atoms with van der Waals surface area (Å²) in [4.78, 5) is 28.1. The average molecular weight is 537 g/mol. The predicted molar refractivity (Wildman–Crippen MR) is 151 cm³/mol. The van der Waals surface area contributed by atoms with E-state index in [-0.39, 0.29) is 6.04 Å². The van der Waals surface area contributed by atoms with Gasteiger partial charge in [0.2, 0.25) is 0 Å². The number of rotatable bonds is 7. The quantitative estimate of drug-likeness (QED) is 0.304. The van der Waals surface area contributed by atoms with Gasteiger partial charge in [0.05, 0.1) is 17.4 Å². The molecule has 2 N–H and O–H groups in total. The van der Waals surface area contributed by atoms with Gasteiger partial charge in [-0.15, -0.1) is 5.10 Å². The molecule has 0 unspecified atom stereocenters. The number of carbonyl (C=O) groups is 1. The lowest BCUT2D eigenvalue weighted by atomic mass is 10.2. The number of benzene rings is 2. The lowest BCUT2D eigenvalue weighted by Crippen LogP contribution is -2.53. The molecule has 2 aromatic carbocycles. The molecule has 202 valence electrons. The minimum atomic E-state index is -0.898. The van der Waals surface area contributed by atoms with Gasteiger partial charge in [0.1, 0.15) is 24.0 Å². The number of ether oxygens (including phenoxy) is 1. The lowest BCUT2D eigenvalue weighted by Gasteiger charge is -2.39. The fourth-order valence-electron chi connectivity index (χ4n) is 4.87. The van der Waals surface area contributed by atoms with Crippen LogP contribution in [0.3, 0.4) is 0 Å². The van der Waals surface area contributed by atoms with Crippen molar-refractivity contribution in [2.75, 3.05) is 29.9 Å². The molecular weight excluding hydrogens is 508 g/mol. The Kier molecular flexibility index (Phi) is 6.84. The molecule has 1 atom stereocenters. The maximum absolute atomic E-state index is 11.5. The molecule has 0 radical (unpaired) electrons. The van der Waals surface area contributed by atoms with E-state index in [1.54, 1.807) is 24.8 Å². The molecule has 11 nitrogen and oxygen atoms in total. The highest BCUT2D eigenvalue weighted by molar-refractivity contribution is 5.93. The Bertz CT molecular complexity index is 1630. The zero-order chi connectivity index (χ0) is 27.5. The van der Waals surface area contributed by atoms with Gasteiger partial charge in [-0.1, -0.05) is 30.3 Å². The Morgan fingerprint density at radius 2 is 1.93 bits per heavy atom. The van der Waals surface area contributed by atoms with Crippen LogP contribution in [0, 0.1) is 0 Å². The van der Waals surface area contributed by atoms with Crippen LogP contribution < -0.4 is 15.0 Å². The highest BCUT2D eigenvalue weighted by Gasteiger charge is 2.27. The van der Waals surface area contributed by atoms with E-state index in [0.29, 0.717) is 37.9 Å². The first-order valence-electron chi connectivity index (χ1n) is 13.0. The van der Waals surface area contributed by atoms with Crippen LogP contribution in [0.1, 0.15) is 12.5 Å². The maximum Gasteiger partial charge on any atom is 0.407 e. The fraction of sp³-hybridized carbons (Fsp3) is 0.207. The molecule has 4 heterocycles. The third-order valence-corrected chi connectivity index (χ3v) is 6.88. The molecule has 1 aliphatic rings. The summed E-state index contributed by atoms with van der Waals surface area (Å²) < 4.78 is 7.98. The summed E-state index contributed by atoms with van der Waals surface area (Å²) in [5.74, 6) is 2.70. The summed E-state index contributed by atoms with van der Waals surface area (Å²) in [6.07, 6.45) is 5.74. The van der Waals surface area contributed by atoms with Crippen molar-refractivity contribution in [3.8, 4) is 11.4 Å². The number of fused-ring (bicyclic) bond motifs is 1. The van der Waals surface area contributed by atoms with Crippen LogP contribution in [0.25, 0.3) is 16.6 Å². The average Bonchev–Trinajstić information content (AvgIpc) is 3.34. The van der Waals surface area contributed by atoms with E-state index in [0.717, 1.165) is 33.7 Å². The van der Waals surface area contributed by atoms with Gasteiger partial charge in [0.25, 0.3) is 0 Å². The molecule has 11 heteroatoms. The Hall–Kier alpha value is -5.19. The first-order chi connectivity index (χ1) is 19.5. The van der Waals surface area contributed by atoms with E-state index < -0.39 is 6.09 Å².